The van der Waals surface area contributed by atoms with E-state index in [4.69, 9.17) is 4.74 Å². The van der Waals surface area contributed by atoms with Gasteiger partial charge in [-0.05, 0) is 24.8 Å². The summed E-state index contributed by atoms with van der Waals surface area (Å²) in [6, 6.07) is 6.67. The van der Waals surface area contributed by atoms with E-state index in [1.807, 2.05) is 24.3 Å². The number of aliphatic carboxylic acids is 1. The van der Waals surface area contributed by atoms with Crippen LogP contribution in [0, 0.1) is 5.92 Å². The molecule has 0 bridgehead atoms. The van der Waals surface area contributed by atoms with Crippen LogP contribution in [-0.2, 0) is 9.59 Å². The Morgan fingerprint density at radius 2 is 2.05 bits per heavy atom. The van der Waals surface area contributed by atoms with Crippen molar-refractivity contribution in [3.05, 3.63) is 29.8 Å². The number of hydrogen-bond acceptors (Lipinski definition) is 3. The highest BCUT2D eigenvalue weighted by Gasteiger charge is 2.33. The van der Waals surface area contributed by atoms with Crippen molar-refractivity contribution in [3.8, 4) is 5.75 Å². The Morgan fingerprint density at radius 1 is 1.29 bits per heavy atom. The molecular formula is C16H19NO4. The summed E-state index contributed by atoms with van der Waals surface area (Å²) in [5.41, 5.74) is 0.844. The molecule has 0 saturated heterocycles. The summed E-state index contributed by atoms with van der Waals surface area (Å²) in [5, 5.41) is 12.0. The number of fused-ring (bicyclic) bond motifs is 1. The summed E-state index contributed by atoms with van der Waals surface area (Å²) in [6.45, 7) is 0.482. The number of amides is 1. The van der Waals surface area contributed by atoms with Gasteiger partial charge in [0.15, 0.2) is 0 Å². The molecule has 3 rings (SSSR count). The first-order valence-corrected chi connectivity index (χ1v) is 7.40. The summed E-state index contributed by atoms with van der Waals surface area (Å²) in [6.07, 6.45) is 3.25. The van der Waals surface area contributed by atoms with Crippen LogP contribution in [0.25, 0.3) is 0 Å². The largest absolute Gasteiger partial charge is 0.493 e. The predicted octanol–water partition coefficient (Wildman–Crippen LogP) is 1.92. The zero-order chi connectivity index (χ0) is 14.8. The molecule has 21 heavy (non-hydrogen) atoms. The van der Waals surface area contributed by atoms with E-state index >= 15 is 0 Å². The van der Waals surface area contributed by atoms with Gasteiger partial charge in [0.1, 0.15) is 11.8 Å². The number of benzene rings is 1. The normalized spacial score (nSPS) is 21.8. The topological polar surface area (TPSA) is 75.6 Å². The third kappa shape index (κ3) is 3.17. The first-order valence-electron chi connectivity index (χ1n) is 7.40. The van der Waals surface area contributed by atoms with E-state index in [0.717, 1.165) is 24.2 Å². The van der Waals surface area contributed by atoms with Gasteiger partial charge in [0.05, 0.1) is 12.5 Å². The highest BCUT2D eigenvalue weighted by molar-refractivity contribution is 5.88. The predicted molar refractivity (Wildman–Crippen MR) is 76.2 cm³/mol. The van der Waals surface area contributed by atoms with Crippen molar-refractivity contribution in [1.82, 2.24) is 5.32 Å². The molecule has 112 valence electrons. The van der Waals surface area contributed by atoms with Crippen molar-refractivity contribution in [3.63, 3.8) is 0 Å². The van der Waals surface area contributed by atoms with E-state index in [2.05, 4.69) is 5.32 Å². The third-order valence-electron chi connectivity index (χ3n) is 4.16. The second kappa shape index (κ2) is 5.76. The monoisotopic (exact) mass is 289 g/mol. The van der Waals surface area contributed by atoms with Crippen molar-refractivity contribution in [2.45, 2.75) is 37.6 Å². The van der Waals surface area contributed by atoms with Crippen molar-refractivity contribution in [2.24, 2.45) is 5.92 Å². The van der Waals surface area contributed by atoms with E-state index in [1.54, 1.807) is 0 Å². The zero-order valence-corrected chi connectivity index (χ0v) is 11.7. The van der Waals surface area contributed by atoms with Crippen LogP contribution < -0.4 is 10.1 Å². The van der Waals surface area contributed by atoms with Crippen LogP contribution in [0.15, 0.2) is 24.3 Å². The maximum absolute atomic E-state index is 12.4. The Balaban J connectivity index is 1.71. The van der Waals surface area contributed by atoms with Crippen molar-refractivity contribution in [1.29, 1.82) is 0 Å². The van der Waals surface area contributed by atoms with Crippen molar-refractivity contribution >= 4 is 11.9 Å². The van der Waals surface area contributed by atoms with Gasteiger partial charge >= 0.3 is 5.97 Å². The van der Waals surface area contributed by atoms with Gasteiger partial charge in [-0.1, -0.05) is 31.0 Å². The Kier molecular flexibility index (Phi) is 3.82. The molecule has 2 N–H and O–H groups in total. The minimum Gasteiger partial charge on any atom is -0.493 e. The van der Waals surface area contributed by atoms with Crippen LogP contribution in [0.1, 0.15) is 37.2 Å². The number of carbonyl (C=O) groups excluding carboxylic acids is 1. The summed E-state index contributed by atoms with van der Waals surface area (Å²) in [5.74, 6) is -0.309. The average molecular weight is 289 g/mol. The highest BCUT2D eigenvalue weighted by atomic mass is 16.5. The van der Waals surface area contributed by atoms with E-state index in [9.17, 15) is 14.7 Å². The number of para-hydroxylation sites is 1. The van der Waals surface area contributed by atoms with Crippen LogP contribution in [-0.4, -0.2) is 29.6 Å². The maximum atomic E-state index is 12.4. The molecule has 2 unspecified atom stereocenters. The molecule has 1 heterocycles. The molecule has 2 atom stereocenters. The van der Waals surface area contributed by atoms with Gasteiger partial charge in [-0.25, -0.2) is 4.79 Å². The van der Waals surface area contributed by atoms with Crippen LogP contribution in [0.5, 0.6) is 5.75 Å². The molecule has 2 aliphatic rings. The minimum absolute atomic E-state index is 0.209. The lowest BCUT2D eigenvalue weighted by molar-refractivity contribution is -0.142. The Hall–Kier alpha value is -2.04. The molecular weight excluding hydrogens is 270 g/mol. The van der Waals surface area contributed by atoms with E-state index in [1.165, 1.54) is 0 Å². The molecule has 1 aliphatic heterocycles. The molecule has 1 aliphatic carbocycles. The second-order valence-electron chi connectivity index (χ2n) is 5.81. The van der Waals surface area contributed by atoms with Gasteiger partial charge in [-0.2, -0.15) is 0 Å². The van der Waals surface area contributed by atoms with Gasteiger partial charge in [0.2, 0.25) is 5.91 Å². The number of rotatable bonds is 5. The molecule has 0 aromatic heterocycles. The minimum atomic E-state index is -0.949. The van der Waals surface area contributed by atoms with E-state index < -0.39 is 12.0 Å². The zero-order valence-electron chi connectivity index (χ0n) is 11.7. The molecule has 1 saturated carbocycles. The summed E-state index contributed by atoms with van der Waals surface area (Å²) >= 11 is 0. The summed E-state index contributed by atoms with van der Waals surface area (Å²) in [4.78, 5) is 23.7. The SMILES string of the molecule is O=C(O)C(CC1CC1)NC(=O)C1CCOc2ccccc21. The molecule has 5 nitrogen and oxygen atoms in total. The first-order chi connectivity index (χ1) is 10.1. The van der Waals surface area contributed by atoms with Crippen molar-refractivity contribution < 1.29 is 19.4 Å². The lowest BCUT2D eigenvalue weighted by Gasteiger charge is -2.26. The number of nitrogens with one attached hydrogen (secondary N) is 1. The van der Waals surface area contributed by atoms with Crippen LogP contribution in [0.2, 0.25) is 0 Å². The standard InChI is InChI=1S/C16H19NO4/c18-15(17-13(16(19)20)9-10-5-6-10)12-7-8-21-14-4-2-1-3-11(12)14/h1-4,10,12-13H,5-9H2,(H,17,18)(H,19,20). The van der Waals surface area contributed by atoms with Crippen LogP contribution in [0.3, 0.4) is 0 Å². The lowest BCUT2D eigenvalue weighted by Crippen LogP contribution is -2.44. The smallest absolute Gasteiger partial charge is 0.326 e. The molecule has 1 amide bonds. The lowest BCUT2D eigenvalue weighted by atomic mass is 9.92. The van der Waals surface area contributed by atoms with Crippen LogP contribution in [0.4, 0.5) is 0 Å². The number of ether oxygens (including phenoxy) is 1. The molecule has 1 aromatic carbocycles. The number of carboxylic acids is 1. The molecule has 0 spiro atoms. The van der Waals surface area contributed by atoms with E-state index in [-0.39, 0.29) is 11.8 Å². The molecule has 1 fully saturated rings. The van der Waals surface area contributed by atoms with Crippen LogP contribution >= 0.6 is 0 Å². The van der Waals surface area contributed by atoms with Gasteiger partial charge < -0.3 is 15.2 Å². The molecule has 1 aromatic rings. The molecule has 0 radical (unpaired) electrons. The Bertz CT molecular complexity index is 553. The second-order valence-corrected chi connectivity index (χ2v) is 5.81. The van der Waals surface area contributed by atoms with Gasteiger partial charge in [0, 0.05) is 5.56 Å². The number of hydrogen-bond donors (Lipinski definition) is 2. The number of carboxylic acid groups (broad SMARTS) is 1. The fourth-order valence-corrected chi connectivity index (χ4v) is 2.80. The van der Waals surface area contributed by atoms with Gasteiger partial charge in [-0.3, -0.25) is 4.79 Å². The van der Waals surface area contributed by atoms with Crippen molar-refractivity contribution in [2.75, 3.05) is 6.61 Å². The fourth-order valence-electron chi connectivity index (χ4n) is 2.80. The average Bonchev–Trinajstić information content (AvgIpc) is 3.29. The quantitative estimate of drug-likeness (QED) is 0.868. The fraction of sp³-hybridized carbons (Fsp3) is 0.500. The number of carbonyl (C=O) groups is 2. The summed E-state index contributed by atoms with van der Waals surface area (Å²) in [7, 11) is 0. The maximum Gasteiger partial charge on any atom is 0.326 e. The Labute approximate surface area is 123 Å². The van der Waals surface area contributed by atoms with Gasteiger partial charge in [-0.15, -0.1) is 0 Å². The molecule has 5 heteroatoms. The third-order valence-corrected chi connectivity index (χ3v) is 4.16. The van der Waals surface area contributed by atoms with Gasteiger partial charge in [0.25, 0.3) is 0 Å². The Morgan fingerprint density at radius 3 is 2.76 bits per heavy atom. The highest BCUT2D eigenvalue weighted by Crippen LogP contribution is 2.35. The summed E-state index contributed by atoms with van der Waals surface area (Å²) < 4.78 is 5.53. The van der Waals surface area contributed by atoms with E-state index in [0.29, 0.717) is 25.4 Å². The first kappa shape index (κ1) is 13.9.